The van der Waals surface area contributed by atoms with Gasteiger partial charge < -0.3 is 30.7 Å². The Hall–Kier alpha value is -3.59. The molecule has 2 aromatic carbocycles. The topological polar surface area (TPSA) is 123 Å². The van der Waals surface area contributed by atoms with Gasteiger partial charge in [0.15, 0.2) is 0 Å². The van der Waals surface area contributed by atoms with Gasteiger partial charge in [0.25, 0.3) is 11.8 Å². The Kier molecular flexibility index (Phi) is 11.8. The standard InChI is InChI=1S/C30H44N4O5/c1-18(2)16-38-26-13-22(9-11-24(26)32-28(35)15-31)29(36)33-25-12-10-23(14-27(25)39-17-19(3)4)30(37)34(20(5)6)21(7)8/h9-14,18-21H,15-17,31H2,1-8H3,(H,32,35)(H,33,36). The number of nitrogens with one attached hydrogen (secondary N) is 2. The summed E-state index contributed by atoms with van der Waals surface area (Å²) in [6.45, 7) is 16.6. The van der Waals surface area contributed by atoms with Crippen LogP contribution in [0, 0.1) is 11.8 Å². The first-order chi connectivity index (χ1) is 18.3. The van der Waals surface area contributed by atoms with Crippen LogP contribution in [-0.2, 0) is 4.79 Å². The first-order valence-corrected chi connectivity index (χ1v) is 13.5. The maximum atomic E-state index is 13.3. The molecular formula is C30H44N4O5. The summed E-state index contributed by atoms with van der Waals surface area (Å²) >= 11 is 0. The van der Waals surface area contributed by atoms with E-state index in [1.165, 1.54) is 0 Å². The third-order valence-electron chi connectivity index (χ3n) is 5.67. The van der Waals surface area contributed by atoms with Gasteiger partial charge in [-0.05, 0) is 75.9 Å². The molecule has 0 aliphatic heterocycles. The Morgan fingerprint density at radius 2 is 1.21 bits per heavy atom. The molecule has 0 radical (unpaired) electrons. The number of anilines is 2. The molecule has 4 N–H and O–H groups in total. The van der Waals surface area contributed by atoms with Gasteiger partial charge in [-0.1, -0.05) is 27.7 Å². The molecule has 0 aliphatic carbocycles. The van der Waals surface area contributed by atoms with Crippen LogP contribution >= 0.6 is 0 Å². The molecule has 0 aliphatic rings. The summed E-state index contributed by atoms with van der Waals surface area (Å²) in [5.41, 5.74) is 7.14. The lowest BCUT2D eigenvalue weighted by atomic mass is 10.1. The zero-order valence-electron chi connectivity index (χ0n) is 24.5. The summed E-state index contributed by atoms with van der Waals surface area (Å²) in [5, 5.41) is 5.60. The number of ether oxygens (including phenoxy) is 2. The van der Waals surface area contributed by atoms with E-state index in [1.54, 1.807) is 36.4 Å². The summed E-state index contributed by atoms with van der Waals surface area (Å²) < 4.78 is 11.9. The number of hydrogen-bond acceptors (Lipinski definition) is 6. The molecule has 0 spiro atoms. The largest absolute Gasteiger partial charge is 0.491 e. The molecular weight excluding hydrogens is 496 g/mol. The maximum Gasteiger partial charge on any atom is 0.255 e. The zero-order chi connectivity index (χ0) is 29.3. The Balaban J connectivity index is 2.39. The monoisotopic (exact) mass is 540 g/mol. The summed E-state index contributed by atoms with van der Waals surface area (Å²) in [7, 11) is 0. The van der Waals surface area contributed by atoms with Gasteiger partial charge in [-0.3, -0.25) is 14.4 Å². The Labute approximate surface area is 232 Å². The van der Waals surface area contributed by atoms with E-state index in [2.05, 4.69) is 10.6 Å². The number of nitrogens with zero attached hydrogens (tertiary/aromatic N) is 1. The van der Waals surface area contributed by atoms with Gasteiger partial charge in [-0.2, -0.15) is 0 Å². The lowest BCUT2D eigenvalue weighted by Gasteiger charge is -2.31. The molecule has 2 rings (SSSR count). The minimum Gasteiger partial charge on any atom is -0.491 e. The molecule has 0 unspecified atom stereocenters. The molecule has 0 saturated carbocycles. The van der Waals surface area contributed by atoms with Crippen LogP contribution < -0.4 is 25.8 Å². The number of hydrogen-bond donors (Lipinski definition) is 3. The Morgan fingerprint density at radius 3 is 1.67 bits per heavy atom. The fraction of sp³-hybridized carbons (Fsp3) is 0.500. The van der Waals surface area contributed by atoms with Gasteiger partial charge >= 0.3 is 0 Å². The van der Waals surface area contributed by atoms with Crippen LogP contribution in [0.25, 0.3) is 0 Å². The van der Waals surface area contributed by atoms with E-state index in [4.69, 9.17) is 15.2 Å². The van der Waals surface area contributed by atoms with Crippen molar-refractivity contribution < 1.29 is 23.9 Å². The molecule has 39 heavy (non-hydrogen) atoms. The average Bonchev–Trinajstić information content (AvgIpc) is 2.86. The molecule has 214 valence electrons. The van der Waals surface area contributed by atoms with Crippen molar-refractivity contribution in [2.24, 2.45) is 17.6 Å². The van der Waals surface area contributed by atoms with Crippen LogP contribution in [-0.4, -0.2) is 54.5 Å². The van der Waals surface area contributed by atoms with Crippen molar-refractivity contribution in [1.29, 1.82) is 0 Å². The second kappa shape index (κ2) is 14.5. The second-order valence-electron chi connectivity index (χ2n) is 10.9. The van der Waals surface area contributed by atoms with Crippen LogP contribution in [0.2, 0.25) is 0 Å². The van der Waals surface area contributed by atoms with E-state index in [9.17, 15) is 14.4 Å². The average molecular weight is 541 g/mol. The van der Waals surface area contributed by atoms with E-state index in [0.29, 0.717) is 47.2 Å². The third-order valence-corrected chi connectivity index (χ3v) is 5.67. The molecule has 9 heteroatoms. The van der Waals surface area contributed by atoms with E-state index in [1.807, 2.05) is 60.3 Å². The normalized spacial score (nSPS) is 11.2. The number of rotatable bonds is 13. The first-order valence-electron chi connectivity index (χ1n) is 13.5. The van der Waals surface area contributed by atoms with Gasteiger partial charge in [0.1, 0.15) is 11.5 Å². The molecule has 0 bridgehead atoms. The Morgan fingerprint density at radius 1 is 0.744 bits per heavy atom. The molecule has 9 nitrogen and oxygen atoms in total. The number of benzene rings is 2. The van der Waals surface area contributed by atoms with E-state index in [-0.39, 0.29) is 48.2 Å². The summed E-state index contributed by atoms with van der Waals surface area (Å²) in [6.07, 6.45) is 0. The van der Waals surface area contributed by atoms with Crippen molar-refractivity contribution in [2.45, 2.75) is 67.5 Å². The number of carbonyl (C=O) groups is 3. The third kappa shape index (κ3) is 9.28. The lowest BCUT2D eigenvalue weighted by molar-refractivity contribution is -0.114. The number of carbonyl (C=O) groups excluding carboxylic acids is 3. The Bertz CT molecular complexity index is 1140. The van der Waals surface area contributed by atoms with Gasteiger partial charge in [0.05, 0.1) is 31.1 Å². The second-order valence-corrected chi connectivity index (χ2v) is 10.9. The lowest BCUT2D eigenvalue weighted by Crippen LogP contribution is -2.42. The fourth-order valence-corrected chi connectivity index (χ4v) is 3.89. The van der Waals surface area contributed by atoms with E-state index >= 15 is 0 Å². The minimum absolute atomic E-state index is 0.0293. The quantitative estimate of drug-likeness (QED) is 0.322. The molecule has 0 aromatic heterocycles. The summed E-state index contributed by atoms with van der Waals surface area (Å²) in [4.78, 5) is 40.2. The maximum absolute atomic E-state index is 13.3. The molecule has 0 saturated heterocycles. The number of amides is 3. The summed E-state index contributed by atoms with van der Waals surface area (Å²) in [5.74, 6) is 0.417. The molecule has 0 atom stereocenters. The van der Waals surface area contributed by atoms with Crippen LogP contribution in [0.4, 0.5) is 11.4 Å². The van der Waals surface area contributed by atoms with Crippen molar-refractivity contribution in [3.8, 4) is 11.5 Å². The van der Waals surface area contributed by atoms with Gasteiger partial charge in [0, 0.05) is 23.2 Å². The van der Waals surface area contributed by atoms with Crippen molar-refractivity contribution in [3.63, 3.8) is 0 Å². The van der Waals surface area contributed by atoms with Crippen LogP contribution in [0.1, 0.15) is 76.1 Å². The van der Waals surface area contributed by atoms with Gasteiger partial charge in [-0.25, -0.2) is 0 Å². The highest BCUT2D eigenvalue weighted by molar-refractivity contribution is 6.06. The van der Waals surface area contributed by atoms with Crippen molar-refractivity contribution in [1.82, 2.24) is 4.90 Å². The number of nitrogens with two attached hydrogens (primary N) is 1. The van der Waals surface area contributed by atoms with Crippen molar-refractivity contribution in [3.05, 3.63) is 47.5 Å². The predicted octanol–water partition coefficient (Wildman–Crippen LogP) is 5.16. The van der Waals surface area contributed by atoms with Gasteiger partial charge in [0.2, 0.25) is 5.91 Å². The highest BCUT2D eigenvalue weighted by Gasteiger charge is 2.23. The van der Waals surface area contributed by atoms with E-state index in [0.717, 1.165) is 0 Å². The van der Waals surface area contributed by atoms with E-state index < -0.39 is 0 Å². The molecule has 2 aromatic rings. The SMILES string of the molecule is CC(C)COc1cc(C(=O)Nc2ccc(C(=O)N(C(C)C)C(C)C)cc2OCC(C)C)ccc1NC(=O)CN. The van der Waals surface area contributed by atoms with Crippen LogP contribution in [0.5, 0.6) is 11.5 Å². The molecule has 0 heterocycles. The first kappa shape index (κ1) is 31.6. The fourth-order valence-electron chi connectivity index (χ4n) is 3.89. The minimum atomic E-state index is -0.388. The predicted molar refractivity (Wildman–Crippen MR) is 156 cm³/mol. The highest BCUT2D eigenvalue weighted by Crippen LogP contribution is 2.30. The summed E-state index contributed by atoms with van der Waals surface area (Å²) in [6, 6.07) is 9.91. The van der Waals surface area contributed by atoms with Crippen molar-refractivity contribution in [2.75, 3.05) is 30.4 Å². The van der Waals surface area contributed by atoms with Crippen LogP contribution in [0.15, 0.2) is 36.4 Å². The van der Waals surface area contributed by atoms with Crippen molar-refractivity contribution >= 4 is 29.1 Å². The zero-order valence-corrected chi connectivity index (χ0v) is 24.5. The molecule has 0 fully saturated rings. The van der Waals surface area contributed by atoms with Gasteiger partial charge in [-0.15, -0.1) is 0 Å². The van der Waals surface area contributed by atoms with Crippen LogP contribution in [0.3, 0.4) is 0 Å². The smallest absolute Gasteiger partial charge is 0.255 e. The highest BCUT2D eigenvalue weighted by atomic mass is 16.5. The molecule has 3 amide bonds.